The van der Waals surface area contributed by atoms with Crippen LogP contribution in [0.3, 0.4) is 0 Å². The van der Waals surface area contributed by atoms with E-state index in [0.29, 0.717) is 11.7 Å². The topological polar surface area (TPSA) is 50.2 Å². The minimum atomic E-state index is -0.0507. The van der Waals surface area contributed by atoms with Crippen molar-refractivity contribution in [2.45, 2.75) is 44.7 Å². The van der Waals surface area contributed by atoms with Gasteiger partial charge in [0.1, 0.15) is 5.69 Å². The Morgan fingerprint density at radius 1 is 1.24 bits per heavy atom. The lowest BCUT2D eigenvalue weighted by Gasteiger charge is -2.37. The standard InChI is InChI=1S/C20H26N4O/c1-14-10-19(22-23(14)2)20(25)21-17-8-5-9-24(13-17)18-11-15-6-3-4-7-16(15)12-18/h3-4,6-7,10,17-18H,5,8-9,11-13H2,1-2H3,(H,21,25)/t17-/m0/s1. The molecular formula is C20H26N4O. The molecule has 2 heterocycles. The molecule has 0 radical (unpaired) electrons. The molecule has 2 aliphatic rings. The molecule has 0 spiro atoms. The number of carbonyl (C=O) groups excluding carboxylic acids is 1. The first-order valence-electron chi connectivity index (χ1n) is 9.22. The van der Waals surface area contributed by atoms with E-state index in [1.54, 1.807) is 4.68 Å². The number of fused-ring (bicyclic) bond motifs is 1. The van der Waals surface area contributed by atoms with Crippen LogP contribution in [0.4, 0.5) is 0 Å². The molecule has 0 saturated carbocycles. The molecule has 132 valence electrons. The second kappa shape index (κ2) is 6.64. The third-order valence-electron chi connectivity index (χ3n) is 5.68. The molecule has 5 nitrogen and oxygen atoms in total. The van der Waals surface area contributed by atoms with Crippen molar-refractivity contribution in [2.24, 2.45) is 7.05 Å². The van der Waals surface area contributed by atoms with E-state index in [9.17, 15) is 4.79 Å². The lowest BCUT2D eigenvalue weighted by atomic mass is 10.0. The van der Waals surface area contributed by atoms with Crippen LogP contribution < -0.4 is 5.32 Å². The number of piperidine rings is 1. The Labute approximate surface area is 149 Å². The molecule has 4 rings (SSSR count). The van der Waals surface area contributed by atoms with Crippen LogP contribution in [-0.4, -0.2) is 45.8 Å². The van der Waals surface area contributed by atoms with E-state index in [-0.39, 0.29) is 11.9 Å². The van der Waals surface area contributed by atoms with Gasteiger partial charge in [0.25, 0.3) is 5.91 Å². The zero-order valence-corrected chi connectivity index (χ0v) is 15.0. The SMILES string of the molecule is Cc1cc(C(=O)N[C@H]2CCCN(C3Cc4ccccc4C3)C2)nn1C. The lowest BCUT2D eigenvalue weighted by Crippen LogP contribution is -2.51. The third-order valence-corrected chi connectivity index (χ3v) is 5.68. The van der Waals surface area contributed by atoms with Gasteiger partial charge < -0.3 is 5.32 Å². The smallest absolute Gasteiger partial charge is 0.272 e. The molecule has 1 aliphatic carbocycles. The third kappa shape index (κ3) is 3.33. The number of aryl methyl sites for hydroxylation is 2. The summed E-state index contributed by atoms with van der Waals surface area (Å²) in [6.07, 6.45) is 4.46. The maximum Gasteiger partial charge on any atom is 0.272 e. The summed E-state index contributed by atoms with van der Waals surface area (Å²) in [5.41, 5.74) is 4.50. The molecule has 0 bridgehead atoms. The number of likely N-dealkylation sites (tertiary alicyclic amines) is 1. The van der Waals surface area contributed by atoms with Crippen molar-refractivity contribution in [2.75, 3.05) is 13.1 Å². The molecule has 1 aromatic carbocycles. The Balaban J connectivity index is 1.38. The predicted octanol–water partition coefficient (Wildman–Crippen LogP) is 2.09. The summed E-state index contributed by atoms with van der Waals surface area (Å²) in [5.74, 6) is -0.0507. The van der Waals surface area contributed by atoms with Gasteiger partial charge in [0, 0.05) is 31.4 Å². The average Bonchev–Trinajstić information content (AvgIpc) is 3.19. The van der Waals surface area contributed by atoms with E-state index < -0.39 is 0 Å². The summed E-state index contributed by atoms with van der Waals surface area (Å²) in [7, 11) is 1.87. The van der Waals surface area contributed by atoms with Crippen molar-refractivity contribution < 1.29 is 4.79 Å². The van der Waals surface area contributed by atoms with E-state index in [4.69, 9.17) is 0 Å². The van der Waals surface area contributed by atoms with Gasteiger partial charge in [-0.05, 0) is 56.3 Å². The van der Waals surface area contributed by atoms with E-state index in [2.05, 4.69) is 39.6 Å². The summed E-state index contributed by atoms with van der Waals surface area (Å²) in [6.45, 7) is 4.04. The van der Waals surface area contributed by atoms with Crippen molar-refractivity contribution in [3.63, 3.8) is 0 Å². The van der Waals surface area contributed by atoms with Crippen LogP contribution in [0, 0.1) is 6.92 Å². The summed E-state index contributed by atoms with van der Waals surface area (Å²) in [6, 6.07) is 11.4. The van der Waals surface area contributed by atoms with Crippen LogP contribution in [0.1, 0.15) is 40.2 Å². The molecule has 2 aromatic rings. The Bertz CT molecular complexity index is 737. The fraction of sp³-hybridized carbons (Fsp3) is 0.500. The fourth-order valence-electron chi connectivity index (χ4n) is 4.18. The molecule has 1 atom stereocenters. The van der Waals surface area contributed by atoms with Crippen LogP contribution >= 0.6 is 0 Å². The van der Waals surface area contributed by atoms with E-state index in [1.807, 2.05) is 20.0 Å². The molecule has 1 aromatic heterocycles. The van der Waals surface area contributed by atoms with Gasteiger partial charge in [-0.25, -0.2) is 0 Å². The number of benzene rings is 1. The normalized spacial score (nSPS) is 21.3. The summed E-state index contributed by atoms with van der Waals surface area (Å²) >= 11 is 0. The first-order chi connectivity index (χ1) is 12.1. The lowest BCUT2D eigenvalue weighted by molar-refractivity contribution is 0.0871. The van der Waals surface area contributed by atoms with Crippen molar-refractivity contribution in [3.05, 3.63) is 52.8 Å². The summed E-state index contributed by atoms with van der Waals surface area (Å²) < 4.78 is 1.75. The number of hydrogen-bond donors (Lipinski definition) is 1. The molecule has 1 fully saturated rings. The minimum Gasteiger partial charge on any atom is -0.347 e. The molecule has 25 heavy (non-hydrogen) atoms. The van der Waals surface area contributed by atoms with Crippen molar-refractivity contribution >= 4 is 5.91 Å². The van der Waals surface area contributed by atoms with Crippen LogP contribution in [0.15, 0.2) is 30.3 Å². The highest BCUT2D eigenvalue weighted by atomic mass is 16.2. The number of nitrogens with zero attached hydrogens (tertiary/aromatic N) is 3. The summed E-state index contributed by atoms with van der Waals surface area (Å²) in [4.78, 5) is 15.0. The second-order valence-electron chi connectivity index (χ2n) is 7.43. The number of aromatic nitrogens is 2. The van der Waals surface area contributed by atoms with Crippen LogP contribution in [0.5, 0.6) is 0 Å². The van der Waals surface area contributed by atoms with Crippen LogP contribution in [0.2, 0.25) is 0 Å². The highest BCUT2D eigenvalue weighted by Crippen LogP contribution is 2.27. The first kappa shape index (κ1) is 16.3. The minimum absolute atomic E-state index is 0.0507. The quantitative estimate of drug-likeness (QED) is 0.932. The van der Waals surface area contributed by atoms with Crippen LogP contribution in [0.25, 0.3) is 0 Å². The van der Waals surface area contributed by atoms with Gasteiger partial charge in [-0.3, -0.25) is 14.4 Å². The number of amides is 1. The highest BCUT2D eigenvalue weighted by molar-refractivity contribution is 5.92. The molecule has 5 heteroatoms. The Hall–Kier alpha value is -2.14. The Morgan fingerprint density at radius 2 is 1.96 bits per heavy atom. The molecule has 1 aliphatic heterocycles. The molecular weight excluding hydrogens is 312 g/mol. The van der Waals surface area contributed by atoms with E-state index in [0.717, 1.165) is 44.5 Å². The largest absolute Gasteiger partial charge is 0.347 e. The second-order valence-corrected chi connectivity index (χ2v) is 7.43. The molecule has 1 N–H and O–H groups in total. The number of carbonyl (C=O) groups is 1. The van der Waals surface area contributed by atoms with Crippen LogP contribution in [-0.2, 0) is 19.9 Å². The maximum atomic E-state index is 12.5. The monoisotopic (exact) mass is 338 g/mol. The molecule has 0 unspecified atom stereocenters. The average molecular weight is 338 g/mol. The number of rotatable bonds is 3. The van der Waals surface area contributed by atoms with Gasteiger partial charge in [0.05, 0.1) is 0 Å². The van der Waals surface area contributed by atoms with Gasteiger partial charge in [-0.15, -0.1) is 0 Å². The Morgan fingerprint density at radius 3 is 2.60 bits per heavy atom. The molecule has 1 saturated heterocycles. The van der Waals surface area contributed by atoms with Crippen molar-refractivity contribution in [3.8, 4) is 0 Å². The predicted molar refractivity (Wildman–Crippen MR) is 97.6 cm³/mol. The number of nitrogens with one attached hydrogen (secondary N) is 1. The van der Waals surface area contributed by atoms with Gasteiger partial charge in [0.15, 0.2) is 0 Å². The van der Waals surface area contributed by atoms with Gasteiger partial charge in [-0.1, -0.05) is 24.3 Å². The fourth-order valence-corrected chi connectivity index (χ4v) is 4.18. The number of hydrogen-bond acceptors (Lipinski definition) is 3. The summed E-state index contributed by atoms with van der Waals surface area (Å²) in [5, 5.41) is 7.48. The maximum absolute atomic E-state index is 12.5. The zero-order valence-electron chi connectivity index (χ0n) is 15.0. The zero-order chi connectivity index (χ0) is 17.4. The first-order valence-corrected chi connectivity index (χ1v) is 9.22. The molecule has 1 amide bonds. The van der Waals surface area contributed by atoms with E-state index >= 15 is 0 Å². The van der Waals surface area contributed by atoms with Gasteiger partial charge >= 0.3 is 0 Å². The highest BCUT2D eigenvalue weighted by Gasteiger charge is 2.31. The Kier molecular flexibility index (Phi) is 4.34. The van der Waals surface area contributed by atoms with Crippen molar-refractivity contribution in [1.82, 2.24) is 20.0 Å². The van der Waals surface area contributed by atoms with Gasteiger partial charge in [-0.2, -0.15) is 5.10 Å². The van der Waals surface area contributed by atoms with E-state index in [1.165, 1.54) is 11.1 Å². The van der Waals surface area contributed by atoms with Crippen molar-refractivity contribution in [1.29, 1.82) is 0 Å². The van der Waals surface area contributed by atoms with Gasteiger partial charge in [0.2, 0.25) is 0 Å².